The van der Waals surface area contributed by atoms with Gasteiger partial charge in [0.05, 0.1) is 0 Å². The van der Waals surface area contributed by atoms with Gasteiger partial charge in [-0.25, -0.2) is 0 Å². The second kappa shape index (κ2) is 3.77. The topological polar surface area (TPSA) is 12.0 Å². The summed E-state index contributed by atoms with van der Waals surface area (Å²) in [7, 11) is 2.00. The third-order valence-corrected chi connectivity index (χ3v) is 2.16. The van der Waals surface area contributed by atoms with Gasteiger partial charge >= 0.3 is 0 Å². The quantitative estimate of drug-likeness (QED) is 0.595. The van der Waals surface area contributed by atoms with Crippen molar-refractivity contribution < 1.29 is 0 Å². The molecule has 0 bridgehead atoms. The van der Waals surface area contributed by atoms with E-state index in [1.807, 2.05) is 7.05 Å². The maximum absolute atomic E-state index is 3.27. The van der Waals surface area contributed by atoms with Gasteiger partial charge in [-0.15, -0.1) is 0 Å². The van der Waals surface area contributed by atoms with Crippen LogP contribution in [0.3, 0.4) is 0 Å². The molecule has 0 saturated heterocycles. The molecule has 0 aromatic carbocycles. The van der Waals surface area contributed by atoms with E-state index >= 15 is 0 Å². The second-order valence-electron chi connectivity index (χ2n) is 3.04. The predicted molar refractivity (Wildman–Crippen MR) is 47.2 cm³/mol. The van der Waals surface area contributed by atoms with Crippen LogP contribution in [0.1, 0.15) is 34.1 Å². The number of rotatable bonds is 3. The lowest BCUT2D eigenvalue weighted by molar-refractivity contribution is 0.484. The van der Waals surface area contributed by atoms with Crippen molar-refractivity contribution in [1.82, 2.24) is 5.32 Å². The first-order valence-corrected chi connectivity index (χ1v) is 3.93. The summed E-state index contributed by atoms with van der Waals surface area (Å²) in [4.78, 5) is 0. The Balaban J connectivity index is 4.28. The van der Waals surface area contributed by atoms with Gasteiger partial charge in [0.2, 0.25) is 0 Å². The average Bonchev–Trinajstić information content (AvgIpc) is 1.90. The van der Waals surface area contributed by atoms with E-state index in [9.17, 15) is 0 Å². The van der Waals surface area contributed by atoms with Crippen LogP contribution in [0.4, 0.5) is 0 Å². The Labute approximate surface area is 64.5 Å². The lowest BCUT2D eigenvalue weighted by Crippen LogP contribution is -2.37. The molecule has 0 rings (SSSR count). The SMILES string of the molecule is CC=C(CC)C(C)(C)NC. The van der Waals surface area contributed by atoms with Crippen molar-refractivity contribution in [3.8, 4) is 0 Å². The monoisotopic (exact) mass is 141 g/mol. The molecule has 0 aromatic heterocycles. The molecule has 1 N–H and O–H groups in total. The van der Waals surface area contributed by atoms with Gasteiger partial charge in [0.25, 0.3) is 0 Å². The van der Waals surface area contributed by atoms with Crippen LogP contribution < -0.4 is 5.32 Å². The van der Waals surface area contributed by atoms with E-state index < -0.39 is 0 Å². The van der Waals surface area contributed by atoms with Crippen LogP contribution in [0, 0.1) is 0 Å². The van der Waals surface area contributed by atoms with E-state index in [2.05, 4.69) is 39.1 Å². The van der Waals surface area contributed by atoms with Crippen molar-refractivity contribution in [2.24, 2.45) is 0 Å². The minimum atomic E-state index is 0.170. The highest BCUT2D eigenvalue weighted by Gasteiger charge is 2.17. The van der Waals surface area contributed by atoms with Gasteiger partial charge in [-0.2, -0.15) is 0 Å². The van der Waals surface area contributed by atoms with Crippen LogP contribution in [-0.4, -0.2) is 12.6 Å². The van der Waals surface area contributed by atoms with Crippen LogP contribution in [0.5, 0.6) is 0 Å². The maximum atomic E-state index is 3.27. The molecule has 1 nitrogen and oxygen atoms in total. The third kappa shape index (κ3) is 2.14. The van der Waals surface area contributed by atoms with Gasteiger partial charge in [-0.1, -0.05) is 18.6 Å². The van der Waals surface area contributed by atoms with Crippen molar-refractivity contribution >= 4 is 0 Å². The zero-order valence-corrected chi connectivity index (χ0v) is 7.78. The van der Waals surface area contributed by atoms with E-state index in [1.54, 1.807) is 0 Å². The van der Waals surface area contributed by atoms with Crippen LogP contribution in [0.15, 0.2) is 11.6 Å². The highest BCUT2D eigenvalue weighted by Crippen LogP contribution is 2.17. The first-order valence-electron chi connectivity index (χ1n) is 3.93. The third-order valence-electron chi connectivity index (χ3n) is 2.16. The molecule has 0 heterocycles. The first kappa shape index (κ1) is 9.70. The smallest absolute Gasteiger partial charge is 0.0333 e. The van der Waals surface area contributed by atoms with Crippen molar-refractivity contribution in [2.45, 2.75) is 39.7 Å². The molecule has 0 aromatic rings. The molecule has 0 fully saturated rings. The fourth-order valence-corrected chi connectivity index (χ4v) is 1.17. The van der Waals surface area contributed by atoms with Crippen LogP contribution in [0.25, 0.3) is 0 Å². The molecule has 0 saturated carbocycles. The second-order valence-corrected chi connectivity index (χ2v) is 3.04. The summed E-state index contributed by atoms with van der Waals surface area (Å²) in [5.74, 6) is 0. The molecule has 0 spiro atoms. The minimum absolute atomic E-state index is 0.170. The maximum Gasteiger partial charge on any atom is 0.0333 e. The van der Waals surface area contributed by atoms with Crippen molar-refractivity contribution in [2.75, 3.05) is 7.05 Å². The van der Waals surface area contributed by atoms with Gasteiger partial charge in [0.15, 0.2) is 0 Å². The lowest BCUT2D eigenvalue weighted by Gasteiger charge is -2.26. The Morgan fingerprint density at radius 2 is 2.00 bits per heavy atom. The standard InChI is InChI=1S/C9H19N/c1-6-8(7-2)9(3,4)10-5/h6,10H,7H2,1-5H3. The normalized spacial score (nSPS) is 13.9. The molecule has 60 valence electrons. The molecule has 0 radical (unpaired) electrons. The number of hydrogen-bond acceptors (Lipinski definition) is 1. The summed E-state index contributed by atoms with van der Waals surface area (Å²) in [6.45, 7) is 8.68. The molecule has 1 heteroatoms. The Kier molecular flexibility index (Phi) is 3.66. The van der Waals surface area contributed by atoms with Crippen LogP contribution >= 0.6 is 0 Å². The van der Waals surface area contributed by atoms with E-state index in [4.69, 9.17) is 0 Å². The molecule has 0 unspecified atom stereocenters. The molecule has 0 aliphatic carbocycles. The van der Waals surface area contributed by atoms with Crippen LogP contribution in [0.2, 0.25) is 0 Å². The number of allylic oxidation sites excluding steroid dienone is 1. The van der Waals surface area contributed by atoms with Crippen molar-refractivity contribution in [3.63, 3.8) is 0 Å². The highest BCUT2D eigenvalue weighted by atomic mass is 14.9. The van der Waals surface area contributed by atoms with E-state index in [0.29, 0.717) is 0 Å². The highest BCUT2D eigenvalue weighted by molar-refractivity contribution is 5.15. The number of hydrogen-bond donors (Lipinski definition) is 1. The van der Waals surface area contributed by atoms with Gasteiger partial charge in [-0.3, -0.25) is 0 Å². The molecular weight excluding hydrogens is 122 g/mol. The van der Waals surface area contributed by atoms with Crippen molar-refractivity contribution in [1.29, 1.82) is 0 Å². The Morgan fingerprint density at radius 1 is 1.50 bits per heavy atom. The zero-order valence-electron chi connectivity index (χ0n) is 7.78. The van der Waals surface area contributed by atoms with E-state index in [1.165, 1.54) is 5.57 Å². The summed E-state index contributed by atoms with van der Waals surface area (Å²) >= 11 is 0. The average molecular weight is 141 g/mol. The zero-order chi connectivity index (χ0) is 8.20. The Hall–Kier alpha value is -0.300. The molecule has 0 atom stereocenters. The molecular formula is C9H19N. The molecule has 0 aliphatic rings. The minimum Gasteiger partial charge on any atom is -0.311 e. The number of likely N-dealkylation sites (N-methyl/N-ethyl adjacent to an activating group) is 1. The largest absolute Gasteiger partial charge is 0.311 e. The molecule has 0 amide bonds. The molecule has 0 aliphatic heterocycles. The summed E-state index contributed by atoms with van der Waals surface area (Å²) in [5.41, 5.74) is 1.64. The van der Waals surface area contributed by atoms with Crippen LogP contribution in [-0.2, 0) is 0 Å². The predicted octanol–water partition coefficient (Wildman–Crippen LogP) is 2.34. The van der Waals surface area contributed by atoms with E-state index in [-0.39, 0.29) is 5.54 Å². The summed E-state index contributed by atoms with van der Waals surface area (Å²) in [5, 5.41) is 3.27. The summed E-state index contributed by atoms with van der Waals surface area (Å²) in [6.07, 6.45) is 3.32. The van der Waals surface area contributed by atoms with Gasteiger partial charge < -0.3 is 5.32 Å². The van der Waals surface area contributed by atoms with E-state index in [0.717, 1.165) is 6.42 Å². The number of nitrogens with one attached hydrogen (secondary N) is 1. The summed E-state index contributed by atoms with van der Waals surface area (Å²) < 4.78 is 0. The fourth-order valence-electron chi connectivity index (χ4n) is 1.17. The Bertz CT molecular complexity index is 123. The van der Waals surface area contributed by atoms with Crippen molar-refractivity contribution in [3.05, 3.63) is 11.6 Å². The lowest BCUT2D eigenvalue weighted by atomic mass is 9.92. The summed E-state index contributed by atoms with van der Waals surface area (Å²) in [6, 6.07) is 0. The Morgan fingerprint density at radius 3 is 2.10 bits per heavy atom. The van der Waals surface area contributed by atoms with Gasteiger partial charge in [0.1, 0.15) is 0 Å². The fraction of sp³-hybridized carbons (Fsp3) is 0.778. The molecule has 10 heavy (non-hydrogen) atoms. The van der Waals surface area contributed by atoms with Gasteiger partial charge in [0, 0.05) is 5.54 Å². The first-order chi connectivity index (χ1) is 4.58. The van der Waals surface area contributed by atoms with Gasteiger partial charge in [-0.05, 0) is 34.2 Å².